The fraction of sp³-hybridized carbons (Fsp3) is 0.733. The zero-order chi connectivity index (χ0) is 14.7. The Bertz CT molecular complexity index is 480. The van der Waals surface area contributed by atoms with Crippen molar-refractivity contribution in [3.63, 3.8) is 0 Å². The van der Waals surface area contributed by atoms with Crippen LogP contribution in [0.2, 0.25) is 0 Å². The van der Waals surface area contributed by atoms with Crippen molar-refractivity contribution in [2.24, 2.45) is 7.05 Å². The highest BCUT2D eigenvalue weighted by molar-refractivity contribution is 5.74. The molecule has 1 aromatic rings. The summed E-state index contributed by atoms with van der Waals surface area (Å²) in [6.07, 6.45) is 8.81. The number of urea groups is 1. The number of likely N-dealkylation sites (tertiary alicyclic amines) is 2. The standard InChI is InChI=1S/C15H25N5O/c1-18-11-13(10-17-18)9-16-15(21)20-8-5-14(12-20)19-6-3-2-4-7-19/h10-11,14H,2-9,12H2,1H3,(H,16,21)/t14-/m1/s1. The van der Waals surface area contributed by atoms with E-state index in [1.807, 2.05) is 18.1 Å². The van der Waals surface area contributed by atoms with Crippen molar-refractivity contribution >= 4 is 6.03 Å². The second kappa shape index (κ2) is 6.47. The van der Waals surface area contributed by atoms with Gasteiger partial charge in [-0.1, -0.05) is 6.42 Å². The van der Waals surface area contributed by atoms with Gasteiger partial charge >= 0.3 is 6.03 Å². The molecule has 1 N–H and O–H groups in total. The van der Waals surface area contributed by atoms with Crippen molar-refractivity contribution in [3.05, 3.63) is 18.0 Å². The summed E-state index contributed by atoms with van der Waals surface area (Å²) in [5.41, 5.74) is 1.04. The van der Waals surface area contributed by atoms with Crippen LogP contribution in [0.25, 0.3) is 0 Å². The fourth-order valence-electron chi connectivity index (χ4n) is 3.36. The Balaban J connectivity index is 1.45. The molecular formula is C15H25N5O. The molecule has 0 aliphatic carbocycles. The van der Waals surface area contributed by atoms with E-state index in [1.165, 1.54) is 32.4 Å². The number of aryl methyl sites for hydroxylation is 1. The Morgan fingerprint density at radius 2 is 2.14 bits per heavy atom. The Labute approximate surface area is 126 Å². The van der Waals surface area contributed by atoms with E-state index in [-0.39, 0.29) is 6.03 Å². The van der Waals surface area contributed by atoms with Gasteiger partial charge in [-0.15, -0.1) is 0 Å². The van der Waals surface area contributed by atoms with Gasteiger partial charge in [-0.2, -0.15) is 5.10 Å². The highest BCUT2D eigenvalue weighted by atomic mass is 16.2. The first-order valence-corrected chi connectivity index (χ1v) is 7.97. The molecule has 6 heteroatoms. The number of carbonyl (C=O) groups excluding carboxylic acids is 1. The summed E-state index contributed by atoms with van der Waals surface area (Å²) in [6, 6.07) is 0.618. The molecule has 0 saturated carbocycles. The van der Waals surface area contributed by atoms with E-state index in [1.54, 1.807) is 10.9 Å². The Morgan fingerprint density at radius 1 is 1.33 bits per heavy atom. The largest absolute Gasteiger partial charge is 0.334 e. The molecular weight excluding hydrogens is 266 g/mol. The molecule has 116 valence electrons. The van der Waals surface area contributed by atoms with Gasteiger partial charge in [0.05, 0.1) is 6.20 Å². The van der Waals surface area contributed by atoms with Crippen LogP contribution in [0.3, 0.4) is 0 Å². The van der Waals surface area contributed by atoms with E-state index in [4.69, 9.17) is 0 Å². The van der Waals surface area contributed by atoms with Gasteiger partial charge in [0, 0.05) is 44.5 Å². The second-order valence-electron chi connectivity index (χ2n) is 6.17. The zero-order valence-electron chi connectivity index (χ0n) is 12.8. The first kappa shape index (κ1) is 14.4. The van der Waals surface area contributed by atoms with E-state index in [0.717, 1.165) is 25.1 Å². The number of nitrogens with zero attached hydrogens (tertiary/aromatic N) is 4. The predicted molar refractivity (Wildman–Crippen MR) is 80.8 cm³/mol. The molecule has 0 spiro atoms. The van der Waals surface area contributed by atoms with Crippen molar-refractivity contribution in [1.82, 2.24) is 24.9 Å². The van der Waals surface area contributed by atoms with Crippen LogP contribution in [0.1, 0.15) is 31.2 Å². The minimum absolute atomic E-state index is 0.0540. The Morgan fingerprint density at radius 3 is 2.86 bits per heavy atom. The maximum Gasteiger partial charge on any atom is 0.317 e. The van der Waals surface area contributed by atoms with Gasteiger partial charge in [0.15, 0.2) is 0 Å². The lowest BCUT2D eigenvalue weighted by atomic mass is 10.1. The van der Waals surface area contributed by atoms with Gasteiger partial charge in [0.25, 0.3) is 0 Å². The summed E-state index contributed by atoms with van der Waals surface area (Å²) in [4.78, 5) is 16.7. The van der Waals surface area contributed by atoms with Gasteiger partial charge in [-0.25, -0.2) is 4.79 Å². The van der Waals surface area contributed by atoms with E-state index in [2.05, 4.69) is 15.3 Å². The van der Waals surface area contributed by atoms with E-state index in [9.17, 15) is 4.79 Å². The smallest absolute Gasteiger partial charge is 0.317 e. The molecule has 0 bridgehead atoms. The highest BCUT2D eigenvalue weighted by Crippen LogP contribution is 2.20. The average molecular weight is 291 g/mol. The second-order valence-corrected chi connectivity index (χ2v) is 6.17. The molecule has 0 radical (unpaired) electrons. The van der Waals surface area contributed by atoms with Crippen LogP contribution in [0.4, 0.5) is 4.79 Å². The number of piperidine rings is 1. The number of hydrogen-bond acceptors (Lipinski definition) is 3. The number of amides is 2. The number of carbonyl (C=O) groups is 1. The topological polar surface area (TPSA) is 53.4 Å². The van der Waals surface area contributed by atoms with Crippen LogP contribution in [-0.4, -0.2) is 57.8 Å². The number of hydrogen-bond donors (Lipinski definition) is 1. The summed E-state index contributed by atoms with van der Waals surface area (Å²) in [5.74, 6) is 0. The average Bonchev–Trinajstić information content (AvgIpc) is 3.15. The summed E-state index contributed by atoms with van der Waals surface area (Å²) in [5, 5.41) is 7.10. The lowest BCUT2D eigenvalue weighted by Crippen LogP contribution is -2.43. The van der Waals surface area contributed by atoms with Gasteiger partial charge in [0.1, 0.15) is 0 Å². The normalized spacial score (nSPS) is 23.5. The summed E-state index contributed by atoms with van der Waals surface area (Å²) in [6.45, 7) is 4.71. The molecule has 1 aromatic heterocycles. The fourth-order valence-corrected chi connectivity index (χ4v) is 3.36. The molecule has 21 heavy (non-hydrogen) atoms. The monoisotopic (exact) mass is 291 g/mol. The van der Waals surface area contributed by atoms with Crippen molar-refractivity contribution in [2.75, 3.05) is 26.2 Å². The third-order valence-corrected chi connectivity index (χ3v) is 4.56. The molecule has 2 aliphatic heterocycles. The maximum atomic E-state index is 12.2. The molecule has 3 rings (SSSR count). The van der Waals surface area contributed by atoms with Crippen LogP contribution in [-0.2, 0) is 13.6 Å². The molecule has 0 aromatic carbocycles. The van der Waals surface area contributed by atoms with Crippen molar-refractivity contribution in [2.45, 2.75) is 38.3 Å². The summed E-state index contributed by atoms with van der Waals surface area (Å²) >= 11 is 0. The van der Waals surface area contributed by atoms with Crippen LogP contribution in [0.15, 0.2) is 12.4 Å². The highest BCUT2D eigenvalue weighted by Gasteiger charge is 2.30. The van der Waals surface area contributed by atoms with Crippen LogP contribution in [0, 0.1) is 0 Å². The minimum atomic E-state index is 0.0540. The van der Waals surface area contributed by atoms with Crippen molar-refractivity contribution < 1.29 is 4.79 Å². The van der Waals surface area contributed by atoms with Crippen molar-refractivity contribution in [3.8, 4) is 0 Å². The molecule has 0 unspecified atom stereocenters. The summed E-state index contributed by atoms with van der Waals surface area (Å²) in [7, 11) is 1.88. The first-order valence-electron chi connectivity index (χ1n) is 7.97. The summed E-state index contributed by atoms with van der Waals surface area (Å²) < 4.78 is 1.75. The molecule has 6 nitrogen and oxygen atoms in total. The van der Waals surface area contributed by atoms with E-state index < -0.39 is 0 Å². The lowest BCUT2D eigenvalue weighted by molar-refractivity contribution is 0.161. The number of nitrogens with one attached hydrogen (secondary N) is 1. The number of aromatic nitrogens is 2. The van der Waals surface area contributed by atoms with Crippen molar-refractivity contribution in [1.29, 1.82) is 0 Å². The molecule has 1 atom stereocenters. The number of rotatable bonds is 3. The third kappa shape index (κ3) is 3.56. The Kier molecular flexibility index (Phi) is 4.43. The predicted octanol–water partition coefficient (Wildman–Crippen LogP) is 1.19. The van der Waals surface area contributed by atoms with E-state index in [0.29, 0.717) is 12.6 Å². The molecule has 2 fully saturated rings. The van der Waals surface area contributed by atoms with Gasteiger partial charge in [-0.05, 0) is 32.4 Å². The third-order valence-electron chi connectivity index (χ3n) is 4.56. The van der Waals surface area contributed by atoms with Crippen LogP contribution >= 0.6 is 0 Å². The molecule has 2 saturated heterocycles. The molecule has 3 heterocycles. The maximum absolute atomic E-state index is 12.2. The quantitative estimate of drug-likeness (QED) is 0.910. The van der Waals surface area contributed by atoms with Gasteiger partial charge in [0.2, 0.25) is 0 Å². The molecule has 2 aliphatic rings. The molecule has 2 amide bonds. The minimum Gasteiger partial charge on any atom is -0.334 e. The van der Waals surface area contributed by atoms with Gasteiger partial charge < -0.3 is 10.2 Å². The zero-order valence-corrected chi connectivity index (χ0v) is 12.8. The van der Waals surface area contributed by atoms with Crippen LogP contribution < -0.4 is 5.32 Å². The first-order chi connectivity index (χ1) is 10.2. The Hall–Kier alpha value is -1.56. The SMILES string of the molecule is Cn1cc(CNC(=O)N2CC[C@@H](N3CCCCC3)C2)cn1. The van der Waals surface area contributed by atoms with Gasteiger partial charge in [-0.3, -0.25) is 9.58 Å². The van der Waals surface area contributed by atoms with E-state index >= 15 is 0 Å². The lowest BCUT2D eigenvalue weighted by Gasteiger charge is -2.32. The van der Waals surface area contributed by atoms with Crippen LogP contribution in [0.5, 0.6) is 0 Å².